The average Bonchev–Trinajstić information content (AvgIpc) is 3.24. The molecule has 0 spiro atoms. The minimum Gasteiger partial charge on any atom is -0.354 e. The first-order chi connectivity index (χ1) is 16.9. The largest absolute Gasteiger partial charge is 0.354 e. The summed E-state index contributed by atoms with van der Waals surface area (Å²) >= 11 is 0. The molecule has 7 rings (SSSR count). The van der Waals surface area contributed by atoms with E-state index >= 15 is 0 Å². The van der Waals surface area contributed by atoms with Gasteiger partial charge in [-0.15, -0.1) is 0 Å². The van der Waals surface area contributed by atoms with Crippen LogP contribution in [0.2, 0.25) is 0 Å². The van der Waals surface area contributed by atoms with Gasteiger partial charge in [0.05, 0.1) is 5.52 Å². The van der Waals surface area contributed by atoms with Crippen molar-refractivity contribution in [3.63, 3.8) is 0 Å². The van der Waals surface area contributed by atoms with Crippen LogP contribution in [0.5, 0.6) is 0 Å². The first-order valence-electron chi connectivity index (χ1n) is 12.7. The Bertz CT molecular complexity index is 1910. The third kappa shape index (κ3) is 2.88. The molecule has 0 aliphatic rings. The van der Waals surface area contributed by atoms with Gasteiger partial charge in [-0.3, -0.25) is 0 Å². The molecule has 0 aliphatic heterocycles. The van der Waals surface area contributed by atoms with E-state index in [4.69, 9.17) is 0 Å². The molecule has 0 amide bonds. The van der Waals surface area contributed by atoms with Crippen molar-refractivity contribution in [2.24, 2.45) is 0 Å². The number of hydrogen-bond acceptors (Lipinski definition) is 0. The van der Waals surface area contributed by atoms with Gasteiger partial charge >= 0.3 is 0 Å². The lowest BCUT2D eigenvalue weighted by Gasteiger charge is -2.19. The predicted octanol–water partition coefficient (Wildman–Crippen LogP) is 9.75. The maximum absolute atomic E-state index is 3.78. The predicted molar refractivity (Wildman–Crippen MR) is 153 cm³/mol. The van der Waals surface area contributed by atoms with Gasteiger partial charge in [0.1, 0.15) is 0 Å². The highest BCUT2D eigenvalue weighted by Crippen LogP contribution is 2.43. The van der Waals surface area contributed by atoms with Crippen molar-refractivity contribution in [1.29, 1.82) is 0 Å². The molecule has 1 heterocycles. The summed E-state index contributed by atoms with van der Waals surface area (Å²) in [6.07, 6.45) is 1.03. The first kappa shape index (κ1) is 20.5. The Hall–Kier alpha value is -3.84. The summed E-state index contributed by atoms with van der Waals surface area (Å²) in [4.78, 5) is 3.78. The summed E-state index contributed by atoms with van der Waals surface area (Å²) in [7, 11) is 0. The Balaban J connectivity index is 1.60. The minimum absolute atomic E-state index is 0.124. The molecular weight excluding hydrogens is 422 g/mol. The second-order valence-corrected chi connectivity index (χ2v) is 11.0. The van der Waals surface area contributed by atoms with Crippen LogP contribution in [-0.4, -0.2) is 4.98 Å². The van der Waals surface area contributed by atoms with Crippen LogP contribution in [0.15, 0.2) is 84.9 Å². The Morgan fingerprint density at radius 1 is 0.629 bits per heavy atom. The van der Waals surface area contributed by atoms with E-state index in [0.29, 0.717) is 0 Å². The molecule has 7 aromatic rings. The summed E-state index contributed by atoms with van der Waals surface area (Å²) in [6.45, 7) is 9.10. The fourth-order valence-electron chi connectivity index (χ4n) is 6.03. The Morgan fingerprint density at radius 2 is 1.37 bits per heavy atom. The molecule has 1 aromatic heterocycles. The quantitative estimate of drug-likeness (QED) is 0.252. The highest BCUT2D eigenvalue weighted by molar-refractivity contribution is 6.32. The first-order valence-corrected chi connectivity index (χ1v) is 12.7. The highest BCUT2D eigenvalue weighted by Gasteiger charge is 2.19. The van der Waals surface area contributed by atoms with Crippen molar-refractivity contribution in [3.05, 3.63) is 96.1 Å². The Labute approximate surface area is 205 Å². The van der Waals surface area contributed by atoms with Crippen molar-refractivity contribution < 1.29 is 0 Å². The van der Waals surface area contributed by atoms with E-state index in [1.54, 1.807) is 0 Å². The van der Waals surface area contributed by atoms with Gasteiger partial charge in [-0.25, -0.2) is 0 Å². The number of H-pyrrole nitrogens is 1. The van der Waals surface area contributed by atoms with Gasteiger partial charge in [-0.2, -0.15) is 0 Å². The van der Waals surface area contributed by atoms with Gasteiger partial charge in [-0.1, -0.05) is 94.4 Å². The minimum atomic E-state index is 0.124. The summed E-state index contributed by atoms with van der Waals surface area (Å²) in [6, 6.07) is 32.0. The molecule has 1 heteroatoms. The molecule has 0 radical (unpaired) electrons. The topological polar surface area (TPSA) is 15.8 Å². The Kier molecular flexibility index (Phi) is 4.16. The Morgan fingerprint density at radius 3 is 2.20 bits per heavy atom. The van der Waals surface area contributed by atoms with Gasteiger partial charge in [-0.05, 0) is 79.2 Å². The summed E-state index contributed by atoms with van der Waals surface area (Å²) in [5, 5.41) is 10.6. The lowest BCUT2D eigenvalue weighted by atomic mass is 9.86. The van der Waals surface area contributed by atoms with Crippen LogP contribution in [0.1, 0.15) is 38.8 Å². The lowest BCUT2D eigenvalue weighted by Crippen LogP contribution is -2.10. The molecule has 35 heavy (non-hydrogen) atoms. The van der Waals surface area contributed by atoms with Crippen LogP contribution >= 0.6 is 0 Å². The molecule has 0 saturated carbocycles. The third-order valence-electron chi connectivity index (χ3n) is 7.91. The molecule has 0 saturated heterocycles. The van der Waals surface area contributed by atoms with Gasteiger partial charge in [0.15, 0.2) is 0 Å². The zero-order valence-corrected chi connectivity index (χ0v) is 20.8. The van der Waals surface area contributed by atoms with Crippen molar-refractivity contribution in [3.8, 4) is 11.1 Å². The molecular formula is C34H29N. The zero-order chi connectivity index (χ0) is 23.9. The van der Waals surface area contributed by atoms with Crippen LogP contribution in [-0.2, 0) is 11.8 Å². The SMILES string of the molecule is CCc1ccccc1-c1ccc2ccc3c4[nH]c5ccc(C(C)(C)C)cc5c4cc4ccc1c2c43. The van der Waals surface area contributed by atoms with Crippen molar-refractivity contribution >= 4 is 54.1 Å². The molecule has 1 nitrogen and oxygen atoms in total. The molecule has 170 valence electrons. The van der Waals surface area contributed by atoms with Crippen molar-refractivity contribution in [2.45, 2.75) is 39.5 Å². The maximum atomic E-state index is 3.78. The van der Waals surface area contributed by atoms with E-state index in [0.717, 1.165) is 6.42 Å². The van der Waals surface area contributed by atoms with Gasteiger partial charge in [0.2, 0.25) is 0 Å². The molecule has 0 bridgehead atoms. The summed E-state index contributed by atoms with van der Waals surface area (Å²) in [5.74, 6) is 0. The standard InChI is InChI=1S/C34H29N/c1-5-20-8-6-7-9-24(20)25-14-10-21-11-16-27-32-22(12-15-26(25)31(21)32)18-29-28-19-23(34(2,3)4)13-17-30(28)35-33(27)29/h6-19,35H,5H2,1-4H3. The molecule has 0 unspecified atom stereocenters. The third-order valence-corrected chi connectivity index (χ3v) is 7.91. The zero-order valence-electron chi connectivity index (χ0n) is 20.8. The second-order valence-electron chi connectivity index (χ2n) is 11.0. The van der Waals surface area contributed by atoms with Crippen molar-refractivity contribution in [2.75, 3.05) is 0 Å². The molecule has 0 aliphatic carbocycles. The van der Waals surface area contributed by atoms with E-state index in [1.165, 1.54) is 76.4 Å². The van der Waals surface area contributed by atoms with Crippen LogP contribution in [0.25, 0.3) is 65.3 Å². The van der Waals surface area contributed by atoms with E-state index in [1.807, 2.05) is 0 Å². The number of fused-ring (bicyclic) bond motifs is 4. The van der Waals surface area contributed by atoms with Gasteiger partial charge in [0, 0.05) is 21.7 Å². The number of aromatic amines is 1. The van der Waals surface area contributed by atoms with Crippen LogP contribution < -0.4 is 0 Å². The van der Waals surface area contributed by atoms with E-state index in [2.05, 4.69) is 118 Å². The number of rotatable bonds is 2. The number of aryl methyl sites for hydroxylation is 1. The normalized spacial score (nSPS) is 12.7. The fraction of sp³-hybridized carbons (Fsp3) is 0.176. The molecule has 0 fully saturated rings. The molecule has 6 aromatic carbocycles. The highest BCUT2D eigenvalue weighted by atomic mass is 14.7. The second kappa shape index (κ2) is 7.09. The fourth-order valence-corrected chi connectivity index (χ4v) is 6.03. The van der Waals surface area contributed by atoms with Gasteiger partial charge in [0.25, 0.3) is 0 Å². The smallest absolute Gasteiger partial charge is 0.0545 e. The number of hydrogen-bond donors (Lipinski definition) is 1. The van der Waals surface area contributed by atoms with E-state index in [9.17, 15) is 0 Å². The molecule has 1 N–H and O–H groups in total. The maximum Gasteiger partial charge on any atom is 0.0545 e. The summed E-state index contributed by atoms with van der Waals surface area (Å²) < 4.78 is 0. The van der Waals surface area contributed by atoms with Crippen LogP contribution in [0, 0.1) is 0 Å². The monoisotopic (exact) mass is 451 g/mol. The van der Waals surface area contributed by atoms with E-state index in [-0.39, 0.29) is 5.41 Å². The number of aromatic nitrogens is 1. The number of benzene rings is 6. The van der Waals surface area contributed by atoms with Gasteiger partial charge < -0.3 is 4.98 Å². The average molecular weight is 452 g/mol. The van der Waals surface area contributed by atoms with Crippen LogP contribution in [0.3, 0.4) is 0 Å². The molecule has 0 atom stereocenters. The number of nitrogens with one attached hydrogen (secondary N) is 1. The van der Waals surface area contributed by atoms with Crippen LogP contribution in [0.4, 0.5) is 0 Å². The lowest BCUT2D eigenvalue weighted by molar-refractivity contribution is 0.591. The van der Waals surface area contributed by atoms with E-state index < -0.39 is 0 Å². The van der Waals surface area contributed by atoms with Crippen molar-refractivity contribution in [1.82, 2.24) is 4.98 Å². The summed E-state index contributed by atoms with van der Waals surface area (Å²) in [5.41, 5.74) is 8.02.